The van der Waals surface area contributed by atoms with E-state index in [2.05, 4.69) is 14.6 Å². The topological polar surface area (TPSA) is 241 Å². The molecule has 1 aromatic heterocycles. The van der Waals surface area contributed by atoms with E-state index in [9.17, 15) is 4.91 Å². The lowest BCUT2D eigenvalue weighted by Gasteiger charge is -1.80. The summed E-state index contributed by atoms with van der Waals surface area (Å²) in [5, 5.41) is 2.13. The Bertz CT molecular complexity index is 163. The lowest BCUT2D eigenvalue weighted by molar-refractivity contribution is 0.252. The molecule has 0 atom stereocenters. The minimum atomic E-state index is 0. The van der Waals surface area contributed by atoms with Crippen LogP contribution < -0.4 is 4.84 Å². The van der Waals surface area contributed by atoms with Gasteiger partial charge < -0.3 is 37.3 Å². The van der Waals surface area contributed by atoms with Crippen molar-refractivity contribution in [3.05, 3.63) is 23.3 Å². The predicted octanol–water partition coefficient (Wildman–Crippen LogP) is -3.61. The third kappa shape index (κ3) is 13.1. The summed E-state index contributed by atoms with van der Waals surface area (Å²) in [6, 6.07) is 3.09. The van der Waals surface area contributed by atoms with Gasteiger partial charge in [-0.25, -0.2) is 0 Å². The summed E-state index contributed by atoms with van der Waals surface area (Å²) < 4.78 is 4.56. The first-order valence-electron chi connectivity index (χ1n) is 1.96. The average molecular weight is 221 g/mol. The molecule has 0 radical (unpaired) electrons. The molecule has 0 aromatic carbocycles. The molecule has 10 heteroatoms. The van der Waals surface area contributed by atoms with Gasteiger partial charge in [0.2, 0.25) is 0 Å². The highest BCUT2D eigenvalue weighted by molar-refractivity contribution is 5.03. The lowest BCUT2D eigenvalue weighted by atomic mass is 10.7. The number of nitrogens with zero attached hydrogens (tertiary/aromatic N) is 1. The third-order valence-corrected chi connectivity index (χ3v) is 0.622. The lowest BCUT2D eigenvalue weighted by Crippen LogP contribution is -1.72. The Morgan fingerprint density at radius 3 is 1.86 bits per heavy atom. The Hall–Kier alpha value is -1.56. The standard InChI is InChI=1S/C4H3NO3.6H2O/c6-5-8-4-2-1-3-7-4;;;;;;/h1-3H;6*1H2. The Labute approximate surface area is 77.9 Å². The van der Waals surface area contributed by atoms with Gasteiger partial charge in [-0.2, -0.15) is 0 Å². The molecular weight excluding hydrogens is 206 g/mol. The number of furan rings is 1. The van der Waals surface area contributed by atoms with Crippen LogP contribution >= 0.6 is 0 Å². The molecule has 1 rings (SSSR count). The number of hydrogen-bond donors (Lipinski definition) is 0. The van der Waals surface area contributed by atoms with Gasteiger partial charge in [0.25, 0.3) is 0 Å². The molecule has 0 spiro atoms. The third-order valence-electron chi connectivity index (χ3n) is 0.622. The summed E-state index contributed by atoms with van der Waals surface area (Å²) in [5.41, 5.74) is 0. The van der Waals surface area contributed by atoms with Crippen LogP contribution in [0.4, 0.5) is 0 Å². The molecule has 0 amide bonds. The monoisotopic (exact) mass is 221 g/mol. The maximum Gasteiger partial charge on any atom is 0.317 e. The molecule has 90 valence electrons. The molecule has 0 aliphatic carbocycles. The fourth-order valence-electron chi connectivity index (χ4n) is 0.352. The van der Waals surface area contributed by atoms with Gasteiger partial charge in [-0.3, -0.25) is 4.84 Å². The zero-order valence-corrected chi connectivity index (χ0v) is 6.90. The normalized spacial score (nSPS) is 4.86. The van der Waals surface area contributed by atoms with Gasteiger partial charge in [-0.15, -0.1) is 4.91 Å². The molecule has 0 aliphatic rings. The van der Waals surface area contributed by atoms with Crippen LogP contribution in [-0.4, -0.2) is 32.9 Å². The Kier molecular flexibility index (Phi) is 63.2. The second kappa shape index (κ2) is 22.5. The van der Waals surface area contributed by atoms with Crippen LogP contribution in [0.25, 0.3) is 0 Å². The summed E-state index contributed by atoms with van der Waals surface area (Å²) in [4.78, 5) is 13.4. The minimum absolute atomic E-state index is 0. The SMILES string of the molecule is O.O.O.O.O.O.O=NOc1ccco1. The van der Waals surface area contributed by atoms with Crippen molar-refractivity contribution >= 4 is 0 Å². The molecule has 0 saturated heterocycles. The summed E-state index contributed by atoms with van der Waals surface area (Å²) in [5.74, 6) is 0.111. The molecule has 0 unspecified atom stereocenters. The van der Waals surface area contributed by atoms with Crippen molar-refractivity contribution in [1.29, 1.82) is 0 Å². The predicted molar refractivity (Wildman–Crippen MR) is 46.8 cm³/mol. The highest BCUT2D eigenvalue weighted by Crippen LogP contribution is 2.08. The van der Waals surface area contributed by atoms with Crippen LogP contribution in [-0.2, 0) is 0 Å². The maximum atomic E-state index is 9.34. The molecule has 0 fully saturated rings. The Morgan fingerprint density at radius 2 is 1.57 bits per heavy atom. The van der Waals surface area contributed by atoms with E-state index in [4.69, 9.17) is 0 Å². The molecule has 1 heterocycles. The maximum absolute atomic E-state index is 9.34. The molecule has 10 nitrogen and oxygen atoms in total. The Morgan fingerprint density at radius 1 is 1.07 bits per heavy atom. The highest BCUT2D eigenvalue weighted by Gasteiger charge is 1.91. The van der Waals surface area contributed by atoms with Gasteiger partial charge in [0, 0.05) is 6.07 Å². The van der Waals surface area contributed by atoms with E-state index >= 15 is 0 Å². The van der Waals surface area contributed by atoms with E-state index in [0.717, 1.165) is 0 Å². The molecule has 14 heavy (non-hydrogen) atoms. The molecule has 0 bridgehead atoms. The van der Waals surface area contributed by atoms with E-state index in [0.29, 0.717) is 0 Å². The summed E-state index contributed by atoms with van der Waals surface area (Å²) in [6.07, 6.45) is 1.39. The Balaban J connectivity index is -0.0000000267. The van der Waals surface area contributed by atoms with E-state index in [1.165, 1.54) is 12.3 Å². The average Bonchev–Trinajstić information content (AvgIpc) is 2.19. The molecule has 0 saturated carbocycles. The van der Waals surface area contributed by atoms with Crippen molar-refractivity contribution in [2.24, 2.45) is 5.34 Å². The first kappa shape index (κ1) is 39.3. The van der Waals surface area contributed by atoms with Crippen molar-refractivity contribution in [2.45, 2.75) is 0 Å². The summed E-state index contributed by atoms with van der Waals surface area (Å²) in [7, 11) is 0. The van der Waals surface area contributed by atoms with E-state index < -0.39 is 0 Å². The van der Waals surface area contributed by atoms with Crippen molar-refractivity contribution in [3.63, 3.8) is 0 Å². The second-order valence-corrected chi connectivity index (χ2v) is 1.10. The first-order chi connectivity index (χ1) is 3.93. The van der Waals surface area contributed by atoms with Gasteiger partial charge in [-0.05, 0) is 6.07 Å². The molecular formula is C4H15NO9. The van der Waals surface area contributed by atoms with Gasteiger partial charge >= 0.3 is 5.95 Å². The van der Waals surface area contributed by atoms with Crippen molar-refractivity contribution in [1.82, 2.24) is 0 Å². The molecule has 12 N–H and O–H groups in total. The van der Waals surface area contributed by atoms with Gasteiger partial charge in [0.1, 0.15) is 0 Å². The van der Waals surface area contributed by atoms with Gasteiger partial charge in [0.05, 0.1) is 6.26 Å². The van der Waals surface area contributed by atoms with Crippen LogP contribution in [0, 0.1) is 4.91 Å². The molecule has 0 aliphatic heterocycles. The first-order valence-corrected chi connectivity index (χ1v) is 1.96. The van der Waals surface area contributed by atoms with E-state index in [1.54, 1.807) is 6.07 Å². The zero-order valence-electron chi connectivity index (χ0n) is 6.90. The van der Waals surface area contributed by atoms with Crippen molar-refractivity contribution in [3.8, 4) is 5.95 Å². The molecule has 1 aromatic rings. The van der Waals surface area contributed by atoms with Crippen LogP contribution in [0.3, 0.4) is 0 Å². The second-order valence-electron chi connectivity index (χ2n) is 1.10. The van der Waals surface area contributed by atoms with E-state index in [1.807, 2.05) is 0 Å². The highest BCUT2D eigenvalue weighted by atomic mass is 16.8. The summed E-state index contributed by atoms with van der Waals surface area (Å²) in [6.45, 7) is 0. The number of hydrogen-bond acceptors (Lipinski definition) is 4. The van der Waals surface area contributed by atoms with Gasteiger partial charge in [0.15, 0.2) is 5.34 Å². The fourth-order valence-corrected chi connectivity index (χ4v) is 0.352. The quantitative estimate of drug-likeness (QED) is 0.362. The van der Waals surface area contributed by atoms with Crippen molar-refractivity contribution in [2.75, 3.05) is 0 Å². The summed E-state index contributed by atoms with van der Waals surface area (Å²) >= 11 is 0. The van der Waals surface area contributed by atoms with Gasteiger partial charge in [-0.1, -0.05) is 0 Å². The van der Waals surface area contributed by atoms with E-state index in [-0.39, 0.29) is 38.8 Å². The van der Waals surface area contributed by atoms with Crippen LogP contribution in [0.5, 0.6) is 5.95 Å². The van der Waals surface area contributed by atoms with Crippen LogP contribution in [0.2, 0.25) is 0 Å². The zero-order chi connectivity index (χ0) is 5.82. The van der Waals surface area contributed by atoms with Crippen LogP contribution in [0.1, 0.15) is 0 Å². The smallest absolute Gasteiger partial charge is 0.317 e. The fraction of sp³-hybridized carbons (Fsp3) is 0. The van der Waals surface area contributed by atoms with Crippen molar-refractivity contribution < 1.29 is 42.1 Å². The van der Waals surface area contributed by atoms with Crippen LogP contribution in [0.15, 0.2) is 28.2 Å². The largest absolute Gasteiger partial charge is 0.433 e. The minimum Gasteiger partial charge on any atom is -0.433 e. The number of rotatable bonds is 2.